The standard InChI is InChI=1S/C30H34F3N7O2/c1-18(2)13-14-29(21-7-5-4-6-8-21)27(34)40(28(35)37-29)16-19-9-12-23(30(31,32)33)22(15-19)26(41)39(3)17-24-36-25(42-38-24)20-10-11-20/h4-9,12,15,18,20,34H,10-11,13-14,16-17H2,1-3H3,(H2,35,37). The summed E-state index contributed by atoms with van der Waals surface area (Å²) < 4.78 is 47.2. The molecule has 1 saturated heterocycles. The van der Waals surface area contributed by atoms with E-state index in [0.29, 0.717) is 23.8 Å². The third-order valence-electron chi connectivity index (χ3n) is 7.74. The number of carbonyl (C=O) groups excluding carboxylic acids is 1. The lowest BCUT2D eigenvalue weighted by Gasteiger charge is -2.31. The predicted octanol–water partition coefficient (Wildman–Crippen LogP) is 5.89. The van der Waals surface area contributed by atoms with E-state index in [0.717, 1.165) is 35.8 Å². The highest BCUT2D eigenvalue weighted by molar-refractivity contribution is 6.09. The molecule has 0 spiro atoms. The zero-order chi connectivity index (χ0) is 30.2. The van der Waals surface area contributed by atoms with Crippen LogP contribution in [0.15, 0.2) is 53.1 Å². The number of carbonyl (C=O) groups is 1. The van der Waals surface area contributed by atoms with Gasteiger partial charge in [0.25, 0.3) is 5.91 Å². The summed E-state index contributed by atoms with van der Waals surface area (Å²) in [5.74, 6) is 0.533. The number of amides is 1. The highest BCUT2D eigenvalue weighted by Gasteiger charge is 2.47. The molecule has 3 aromatic rings. The maximum Gasteiger partial charge on any atom is 0.417 e. The Morgan fingerprint density at radius 2 is 1.90 bits per heavy atom. The molecule has 9 nitrogen and oxygen atoms in total. The van der Waals surface area contributed by atoms with Gasteiger partial charge >= 0.3 is 6.18 Å². The largest absolute Gasteiger partial charge is 0.417 e. The SMILES string of the molecule is CC(C)CCC1(c2ccccc2)NC(=N)N(Cc2ccc(C(F)(F)F)c(C(=O)N(C)Cc3noc(C4CC4)n3)c2)C1=N. The number of hydrogen-bond donors (Lipinski definition) is 3. The lowest BCUT2D eigenvalue weighted by Crippen LogP contribution is -2.44. The molecule has 42 heavy (non-hydrogen) atoms. The normalized spacial score (nSPS) is 19.0. The molecule has 2 heterocycles. The summed E-state index contributed by atoms with van der Waals surface area (Å²) in [5.41, 5.74) is -1.33. The van der Waals surface area contributed by atoms with Gasteiger partial charge < -0.3 is 14.7 Å². The van der Waals surface area contributed by atoms with Crippen molar-refractivity contribution in [1.82, 2.24) is 25.3 Å². The highest BCUT2D eigenvalue weighted by Crippen LogP contribution is 2.39. The number of amidine groups is 1. The van der Waals surface area contributed by atoms with Crippen LogP contribution in [0.5, 0.6) is 0 Å². The number of rotatable bonds is 10. The van der Waals surface area contributed by atoms with Crippen molar-refractivity contribution in [1.29, 1.82) is 10.8 Å². The Bertz CT molecular complexity index is 1480. The van der Waals surface area contributed by atoms with E-state index in [2.05, 4.69) is 29.3 Å². The fraction of sp³-hybridized carbons (Fsp3) is 0.433. The monoisotopic (exact) mass is 581 g/mol. The molecule has 0 radical (unpaired) electrons. The van der Waals surface area contributed by atoms with E-state index >= 15 is 0 Å². The molecular weight excluding hydrogens is 547 g/mol. The minimum Gasteiger partial charge on any atom is -0.339 e. The summed E-state index contributed by atoms with van der Waals surface area (Å²) in [6.45, 7) is 4.00. The number of nitrogens with one attached hydrogen (secondary N) is 3. The number of aromatic nitrogens is 2. The first-order valence-electron chi connectivity index (χ1n) is 14.0. The molecule has 5 rings (SSSR count). The average molecular weight is 582 g/mol. The van der Waals surface area contributed by atoms with Crippen molar-refractivity contribution >= 4 is 17.7 Å². The van der Waals surface area contributed by atoms with Gasteiger partial charge in [-0.15, -0.1) is 0 Å². The first-order chi connectivity index (χ1) is 19.9. The van der Waals surface area contributed by atoms with Gasteiger partial charge in [-0.2, -0.15) is 18.2 Å². The highest BCUT2D eigenvalue weighted by atomic mass is 19.4. The first-order valence-corrected chi connectivity index (χ1v) is 14.0. The van der Waals surface area contributed by atoms with Crippen molar-refractivity contribution in [3.8, 4) is 0 Å². The smallest absolute Gasteiger partial charge is 0.339 e. The van der Waals surface area contributed by atoms with E-state index in [1.165, 1.54) is 24.1 Å². The van der Waals surface area contributed by atoms with E-state index in [4.69, 9.17) is 15.3 Å². The summed E-state index contributed by atoms with van der Waals surface area (Å²) in [6.07, 6.45) is -1.51. The van der Waals surface area contributed by atoms with Crippen LogP contribution in [0.4, 0.5) is 13.2 Å². The molecule has 1 aromatic heterocycles. The second-order valence-electron chi connectivity index (χ2n) is 11.5. The van der Waals surface area contributed by atoms with E-state index in [1.54, 1.807) is 0 Å². The van der Waals surface area contributed by atoms with Gasteiger partial charge in [0.05, 0.1) is 24.2 Å². The molecule has 1 aliphatic carbocycles. The minimum atomic E-state index is -4.76. The molecule has 1 atom stereocenters. The zero-order valence-electron chi connectivity index (χ0n) is 23.8. The summed E-state index contributed by atoms with van der Waals surface area (Å²) in [5, 5.41) is 24.9. The summed E-state index contributed by atoms with van der Waals surface area (Å²) in [7, 11) is 1.39. The van der Waals surface area contributed by atoms with Crippen molar-refractivity contribution in [3.63, 3.8) is 0 Å². The minimum absolute atomic E-state index is 0.0268. The molecule has 2 fully saturated rings. The van der Waals surface area contributed by atoms with E-state index in [1.807, 2.05) is 30.3 Å². The van der Waals surface area contributed by atoms with Crippen LogP contribution in [0.2, 0.25) is 0 Å². The van der Waals surface area contributed by atoms with Crippen molar-refractivity contribution in [2.75, 3.05) is 7.05 Å². The van der Waals surface area contributed by atoms with E-state index in [-0.39, 0.29) is 36.6 Å². The van der Waals surface area contributed by atoms with Crippen LogP contribution in [0.1, 0.15) is 84.2 Å². The maximum absolute atomic E-state index is 14.0. The Hall–Kier alpha value is -4.22. The Morgan fingerprint density at radius 3 is 2.55 bits per heavy atom. The van der Waals surface area contributed by atoms with Crippen molar-refractivity contribution in [2.24, 2.45) is 5.92 Å². The van der Waals surface area contributed by atoms with Crippen molar-refractivity contribution < 1.29 is 22.5 Å². The molecule has 1 unspecified atom stereocenters. The molecule has 2 aliphatic rings. The van der Waals surface area contributed by atoms with Crippen LogP contribution in [0.3, 0.4) is 0 Å². The summed E-state index contributed by atoms with van der Waals surface area (Å²) in [4.78, 5) is 20.2. The lowest BCUT2D eigenvalue weighted by molar-refractivity contribution is -0.138. The Morgan fingerprint density at radius 1 is 1.19 bits per heavy atom. The second-order valence-corrected chi connectivity index (χ2v) is 11.5. The third-order valence-corrected chi connectivity index (χ3v) is 7.74. The quantitative estimate of drug-likeness (QED) is 0.275. The number of benzene rings is 2. The van der Waals surface area contributed by atoms with Gasteiger partial charge in [0.1, 0.15) is 11.4 Å². The van der Waals surface area contributed by atoms with Gasteiger partial charge in [0.2, 0.25) is 5.89 Å². The lowest BCUT2D eigenvalue weighted by atomic mass is 9.83. The average Bonchev–Trinajstić information content (AvgIpc) is 3.65. The summed E-state index contributed by atoms with van der Waals surface area (Å²) >= 11 is 0. The van der Waals surface area contributed by atoms with Gasteiger partial charge in [-0.1, -0.05) is 55.4 Å². The molecule has 1 aliphatic heterocycles. The van der Waals surface area contributed by atoms with Crippen LogP contribution in [-0.2, 0) is 24.8 Å². The zero-order valence-corrected chi connectivity index (χ0v) is 23.8. The van der Waals surface area contributed by atoms with Crippen molar-refractivity contribution in [2.45, 2.75) is 70.3 Å². The van der Waals surface area contributed by atoms with Gasteiger partial charge in [-0.25, -0.2) is 0 Å². The molecule has 12 heteroatoms. The third kappa shape index (κ3) is 5.88. The molecule has 0 bridgehead atoms. The van der Waals surface area contributed by atoms with E-state index < -0.39 is 28.7 Å². The summed E-state index contributed by atoms with van der Waals surface area (Å²) in [6, 6.07) is 12.8. The fourth-order valence-corrected chi connectivity index (χ4v) is 5.20. The number of nitrogens with zero attached hydrogens (tertiary/aromatic N) is 4. The van der Waals surface area contributed by atoms with Crippen LogP contribution in [0, 0.1) is 16.7 Å². The van der Waals surface area contributed by atoms with Gasteiger partial charge in [0, 0.05) is 13.0 Å². The van der Waals surface area contributed by atoms with E-state index in [9.17, 15) is 18.0 Å². The van der Waals surface area contributed by atoms with Crippen LogP contribution in [-0.4, -0.2) is 44.7 Å². The van der Waals surface area contributed by atoms with Gasteiger partial charge in [-0.3, -0.25) is 20.5 Å². The maximum atomic E-state index is 14.0. The molecule has 222 valence electrons. The predicted molar refractivity (Wildman–Crippen MR) is 150 cm³/mol. The number of halogens is 3. The molecule has 3 N–H and O–H groups in total. The van der Waals surface area contributed by atoms with Crippen LogP contribution < -0.4 is 5.32 Å². The van der Waals surface area contributed by atoms with Gasteiger partial charge in [0.15, 0.2) is 11.8 Å². The number of guanidine groups is 1. The molecule has 2 aromatic carbocycles. The van der Waals surface area contributed by atoms with Crippen LogP contribution >= 0.6 is 0 Å². The Balaban J connectivity index is 1.41. The van der Waals surface area contributed by atoms with Gasteiger partial charge in [-0.05, 0) is 54.9 Å². The van der Waals surface area contributed by atoms with Crippen LogP contribution in [0.25, 0.3) is 0 Å². The number of alkyl halides is 3. The topological polar surface area (TPSA) is 122 Å². The molecule has 1 amide bonds. The molecular formula is C30H34F3N7O2. The number of hydrogen-bond acceptors (Lipinski definition) is 6. The second kappa shape index (κ2) is 11.2. The first kappa shape index (κ1) is 29.3. The molecule has 1 saturated carbocycles. The Kier molecular flexibility index (Phi) is 7.82. The fourth-order valence-electron chi connectivity index (χ4n) is 5.20. The Labute approximate surface area is 242 Å². The van der Waals surface area contributed by atoms with Crippen molar-refractivity contribution in [3.05, 3.63) is 82.5 Å².